The quantitative estimate of drug-likeness (QED) is 0.367. The zero-order valence-corrected chi connectivity index (χ0v) is 22.6. The maximum atomic E-state index is 13.4. The first-order valence-electron chi connectivity index (χ1n) is 13.3. The minimum Gasteiger partial charge on any atom is -0.480 e. The van der Waals surface area contributed by atoms with E-state index in [1.54, 1.807) is 13.1 Å². The van der Waals surface area contributed by atoms with E-state index < -0.39 is 24.2 Å². The summed E-state index contributed by atoms with van der Waals surface area (Å²) in [7, 11) is 0. The number of alkyl halides is 3. The van der Waals surface area contributed by atoms with Crippen molar-refractivity contribution in [1.29, 1.82) is 0 Å². The van der Waals surface area contributed by atoms with Gasteiger partial charge in [-0.05, 0) is 49.3 Å². The minimum atomic E-state index is -5.08. The molecule has 1 unspecified atom stereocenters. The molecule has 224 valence electrons. The Morgan fingerprint density at radius 1 is 1.12 bits per heavy atom. The number of halogens is 3. The van der Waals surface area contributed by atoms with Gasteiger partial charge in [0, 0.05) is 30.7 Å². The number of likely N-dealkylation sites (tertiary alicyclic amines) is 1. The first-order chi connectivity index (χ1) is 19.3. The van der Waals surface area contributed by atoms with E-state index in [0.29, 0.717) is 11.9 Å². The zero-order chi connectivity index (χ0) is 30.3. The first-order valence-corrected chi connectivity index (χ1v) is 13.3. The lowest BCUT2D eigenvalue weighted by Gasteiger charge is -2.47. The van der Waals surface area contributed by atoms with Gasteiger partial charge in [0.05, 0.1) is 12.1 Å². The Morgan fingerprint density at radius 2 is 1.78 bits per heavy atom. The van der Waals surface area contributed by atoms with Gasteiger partial charge in [-0.3, -0.25) is 19.3 Å². The van der Waals surface area contributed by atoms with Crippen LogP contribution in [-0.2, 0) is 25.7 Å². The van der Waals surface area contributed by atoms with Crippen molar-refractivity contribution >= 4 is 40.3 Å². The molecular formula is C27H34F3N5O6. The van der Waals surface area contributed by atoms with Crippen molar-refractivity contribution in [2.24, 2.45) is 5.73 Å². The lowest BCUT2D eigenvalue weighted by molar-refractivity contribution is -0.192. The van der Waals surface area contributed by atoms with E-state index >= 15 is 0 Å². The molecule has 2 fully saturated rings. The summed E-state index contributed by atoms with van der Waals surface area (Å²) < 4.78 is 31.7. The van der Waals surface area contributed by atoms with E-state index in [-0.39, 0.29) is 30.9 Å². The summed E-state index contributed by atoms with van der Waals surface area (Å²) in [5.74, 6) is -3.80. The molecule has 0 bridgehead atoms. The molecule has 1 aliphatic carbocycles. The maximum Gasteiger partial charge on any atom is 0.490 e. The molecule has 11 nitrogen and oxygen atoms in total. The van der Waals surface area contributed by atoms with Crippen LogP contribution < -0.4 is 11.1 Å². The summed E-state index contributed by atoms with van der Waals surface area (Å²) in [6.07, 6.45) is 3.16. The normalized spacial score (nSPS) is 18.4. The van der Waals surface area contributed by atoms with Crippen molar-refractivity contribution in [3.8, 4) is 0 Å². The minimum absolute atomic E-state index is 0.112. The number of aliphatic carboxylic acids is 2. The van der Waals surface area contributed by atoms with Crippen LogP contribution >= 0.6 is 0 Å². The van der Waals surface area contributed by atoms with Crippen LogP contribution in [0.3, 0.4) is 0 Å². The first kappa shape index (κ1) is 31.7. The second kappa shape index (κ2) is 13.7. The Morgan fingerprint density at radius 3 is 2.32 bits per heavy atom. The van der Waals surface area contributed by atoms with Crippen LogP contribution in [0, 0.1) is 0 Å². The second-order valence-electron chi connectivity index (χ2n) is 10.2. The monoisotopic (exact) mass is 581 g/mol. The number of carboxylic acids is 2. The van der Waals surface area contributed by atoms with Crippen LogP contribution in [0.2, 0.25) is 0 Å². The Kier molecular flexibility index (Phi) is 10.6. The van der Waals surface area contributed by atoms with Gasteiger partial charge in [0.2, 0.25) is 11.8 Å². The molecular weight excluding hydrogens is 547 g/mol. The van der Waals surface area contributed by atoms with Crippen molar-refractivity contribution in [2.75, 3.05) is 18.4 Å². The number of carbonyl (C=O) groups excluding carboxylic acids is 2. The predicted octanol–water partition coefficient (Wildman–Crippen LogP) is 2.97. The van der Waals surface area contributed by atoms with Crippen LogP contribution in [0.1, 0.15) is 51.0 Å². The molecule has 0 spiro atoms. The number of aromatic nitrogens is 1. The molecule has 2 atom stereocenters. The summed E-state index contributed by atoms with van der Waals surface area (Å²) in [6.45, 7) is 2.38. The molecule has 1 saturated heterocycles. The topological polar surface area (TPSA) is 166 Å². The summed E-state index contributed by atoms with van der Waals surface area (Å²) >= 11 is 0. The molecule has 5 N–H and O–H groups in total. The summed E-state index contributed by atoms with van der Waals surface area (Å²) in [5, 5.41) is 20.9. The van der Waals surface area contributed by atoms with E-state index in [1.807, 2.05) is 24.3 Å². The summed E-state index contributed by atoms with van der Waals surface area (Å²) in [6, 6.07) is 6.93. The number of nitrogens with one attached hydrogen (secondary N) is 1. The predicted molar refractivity (Wildman–Crippen MR) is 143 cm³/mol. The van der Waals surface area contributed by atoms with Crippen LogP contribution in [0.4, 0.5) is 19.0 Å². The van der Waals surface area contributed by atoms with Crippen LogP contribution in [0.5, 0.6) is 0 Å². The molecule has 4 rings (SSSR count). The number of nitrogens with two attached hydrogens (primary N) is 1. The number of hydrogen-bond donors (Lipinski definition) is 4. The average Bonchev–Trinajstić information content (AvgIpc) is 2.87. The van der Waals surface area contributed by atoms with Crippen molar-refractivity contribution < 1.29 is 42.6 Å². The van der Waals surface area contributed by atoms with Gasteiger partial charge in [0.15, 0.2) is 0 Å². The van der Waals surface area contributed by atoms with Gasteiger partial charge in [-0.25, -0.2) is 9.78 Å². The van der Waals surface area contributed by atoms with Crippen molar-refractivity contribution in [3.05, 3.63) is 36.0 Å². The number of hydrogen-bond acceptors (Lipinski definition) is 7. The number of anilines is 1. The van der Waals surface area contributed by atoms with Crippen molar-refractivity contribution in [1.82, 2.24) is 14.8 Å². The zero-order valence-electron chi connectivity index (χ0n) is 22.6. The highest BCUT2D eigenvalue weighted by atomic mass is 19.4. The van der Waals surface area contributed by atoms with Gasteiger partial charge in [0.1, 0.15) is 12.4 Å². The molecule has 2 aromatic rings. The number of rotatable bonds is 8. The SMILES string of the molecule is C[C@H](N)C(=O)Nc1nccc2cc(CN(CC(=O)O)C(=O)C3CCN3C3CCCCC3)ccc12.O=C(O)C(F)(F)F. The Bertz CT molecular complexity index is 1270. The third-order valence-electron chi connectivity index (χ3n) is 7.13. The van der Waals surface area contributed by atoms with Gasteiger partial charge in [-0.1, -0.05) is 31.4 Å². The third kappa shape index (κ3) is 8.60. The molecule has 41 heavy (non-hydrogen) atoms. The lowest BCUT2D eigenvalue weighted by atomic mass is 9.88. The van der Waals surface area contributed by atoms with Gasteiger partial charge in [-0.2, -0.15) is 13.2 Å². The number of amides is 2. The van der Waals surface area contributed by atoms with E-state index in [4.69, 9.17) is 15.6 Å². The number of nitrogens with zero attached hydrogens (tertiary/aromatic N) is 3. The Labute approximate surface area is 234 Å². The molecule has 2 heterocycles. The van der Waals surface area contributed by atoms with Gasteiger partial charge in [0.25, 0.3) is 0 Å². The van der Waals surface area contributed by atoms with Crippen molar-refractivity contribution in [3.63, 3.8) is 0 Å². The maximum absolute atomic E-state index is 13.4. The van der Waals surface area contributed by atoms with Crippen LogP contribution in [0.15, 0.2) is 30.5 Å². The third-order valence-corrected chi connectivity index (χ3v) is 7.13. The molecule has 14 heteroatoms. The van der Waals surface area contributed by atoms with Gasteiger partial charge < -0.3 is 26.2 Å². The van der Waals surface area contributed by atoms with E-state index in [1.165, 1.54) is 24.2 Å². The standard InChI is InChI=1S/C25H33N5O4.C2HF3O2/c1-16(26)24(33)28-23-20-8-7-17(13-18(20)9-11-27-23)14-29(15-22(31)32)25(34)21-10-12-30(21)19-5-3-2-4-6-19;3-2(4,5)1(6)7/h7-9,11,13,16,19,21H,2-6,10,12,14-15,26H2,1H3,(H,31,32)(H,27,28,33);(H,6,7)/t16-,21?;/m0./s1. The largest absolute Gasteiger partial charge is 0.490 e. The number of fused-ring (bicyclic) bond motifs is 1. The number of carbonyl (C=O) groups is 4. The highest BCUT2D eigenvalue weighted by molar-refractivity contribution is 6.02. The van der Waals surface area contributed by atoms with Crippen LogP contribution in [0.25, 0.3) is 10.8 Å². The fraction of sp³-hybridized carbons (Fsp3) is 0.519. The Hall–Kier alpha value is -3.78. The molecule has 2 aliphatic rings. The molecule has 0 radical (unpaired) electrons. The number of pyridine rings is 1. The Balaban J connectivity index is 0.000000587. The smallest absolute Gasteiger partial charge is 0.480 e. The van der Waals surface area contributed by atoms with Gasteiger partial charge in [-0.15, -0.1) is 0 Å². The lowest BCUT2D eigenvalue weighted by Crippen LogP contribution is -2.60. The van der Waals surface area contributed by atoms with E-state index in [0.717, 1.165) is 42.1 Å². The molecule has 1 aliphatic heterocycles. The van der Waals surface area contributed by atoms with Crippen LogP contribution in [-0.4, -0.2) is 86.1 Å². The highest BCUT2D eigenvalue weighted by Gasteiger charge is 2.41. The fourth-order valence-corrected chi connectivity index (χ4v) is 4.98. The summed E-state index contributed by atoms with van der Waals surface area (Å²) in [4.78, 5) is 53.8. The average molecular weight is 582 g/mol. The highest BCUT2D eigenvalue weighted by Crippen LogP contribution is 2.31. The van der Waals surface area contributed by atoms with E-state index in [9.17, 15) is 32.7 Å². The summed E-state index contributed by atoms with van der Waals surface area (Å²) in [5.41, 5.74) is 6.46. The molecule has 1 saturated carbocycles. The van der Waals surface area contributed by atoms with Gasteiger partial charge >= 0.3 is 18.1 Å². The molecule has 1 aromatic heterocycles. The van der Waals surface area contributed by atoms with Crippen molar-refractivity contribution in [2.45, 2.75) is 76.3 Å². The number of benzene rings is 1. The fourth-order valence-electron chi connectivity index (χ4n) is 4.98. The second-order valence-corrected chi connectivity index (χ2v) is 10.2. The van der Waals surface area contributed by atoms with E-state index in [2.05, 4.69) is 15.2 Å². The molecule has 1 aromatic carbocycles. The number of carboxylic acid groups (broad SMARTS) is 2. The molecule has 2 amide bonds.